The topological polar surface area (TPSA) is 33.2 Å². The molecule has 1 saturated carbocycles. The molecular weight excluding hydrogens is 272 g/mol. The lowest BCUT2D eigenvalue weighted by Crippen LogP contribution is -2.43. The fourth-order valence-electron chi connectivity index (χ4n) is 3.51. The number of aromatic nitrogens is 1. The van der Waals surface area contributed by atoms with Crippen molar-refractivity contribution in [3.8, 4) is 0 Å². The summed E-state index contributed by atoms with van der Waals surface area (Å²) in [4.78, 5) is 18.4. The summed E-state index contributed by atoms with van der Waals surface area (Å²) < 4.78 is 0. The van der Waals surface area contributed by atoms with Gasteiger partial charge in [0.15, 0.2) is 0 Å². The molecule has 0 spiro atoms. The molecule has 3 rings (SSSR count). The second-order valence-electron chi connectivity index (χ2n) is 5.96. The summed E-state index contributed by atoms with van der Waals surface area (Å²) in [6.07, 6.45) is 7.85. The molecule has 1 radical (unpaired) electrons. The van der Waals surface area contributed by atoms with E-state index in [-0.39, 0.29) is 0 Å². The van der Waals surface area contributed by atoms with E-state index in [1.165, 1.54) is 0 Å². The van der Waals surface area contributed by atoms with Gasteiger partial charge in [0.2, 0.25) is 5.91 Å². The van der Waals surface area contributed by atoms with Crippen LogP contribution in [0.4, 0.5) is 0 Å². The smallest absolute Gasteiger partial charge is 0.222 e. The number of carbonyl (C=O) groups excluding carboxylic acids is 1. The molecule has 1 amide bonds. The number of halogens is 1. The second-order valence-corrected chi connectivity index (χ2v) is 6.40. The minimum absolute atomic E-state index is 0.313. The Bertz CT molecular complexity index is 488. The van der Waals surface area contributed by atoms with Crippen molar-refractivity contribution in [3.63, 3.8) is 0 Å². The van der Waals surface area contributed by atoms with E-state index in [1.54, 1.807) is 6.20 Å². The summed E-state index contributed by atoms with van der Waals surface area (Å²) in [6, 6.07) is 4.24. The van der Waals surface area contributed by atoms with Crippen LogP contribution in [0, 0.1) is 12.3 Å². The first kappa shape index (κ1) is 13.9. The molecular formula is C16H20ClN2O. The SMILES string of the molecule is CC1CC(c2ccc(Cl)cn2)C[CH]C1N1CCCC1=O. The average molecular weight is 292 g/mol. The lowest BCUT2D eigenvalue weighted by atomic mass is 9.77. The third-order valence-corrected chi connectivity index (χ3v) is 4.76. The third kappa shape index (κ3) is 2.69. The van der Waals surface area contributed by atoms with E-state index in [4.69, 9.17) is 11.6 Å². The number of pyridine rings is 1. The number of hydrogen-bond acceptors (Lipinski definition) is 2. The van der Waals surface area contributed by atoms with Gasteiger partial charge in [-0.1, -0.05) is 18.5 Å². The van der Waals surface area contributed by atoms with E-state index in [1.807, 2.05) is 12.1 Å². The number of rotatable bonds is 2. The van der Waals surface area contributed by atoms with E-state index >= 15 is 0 Å². The molecule has 3 unspecified atom stereocenters. The van der Waals surface area contributed by atoms with Crippen molar-refractivity contribution >= 4 is 17.5 Å². The first-order valence-electron chi connectivity index (χ1n) is 7.39. The van der Waals surface area contributed by atoms with Crippen LogP contribution in [0.15, 0.2) is 18.3 Å². The molecule has 1 aromatic heterocycles. The van der Waals surface area contributed by atoms with Gasteiger partial charge in [-0.2, -0.15) is 0 Å². The molecule has 4 heteroatoms. The van der Waals surface area contributed by atoms with Gasteiger partial charge in [-0.05, 0) is 43.7 Å². The molecule has 0 bridgehead atoms. The zero-order valence-corrected chi connectivity index (χ0v) is 12.5. The summed E-state index contributed by atoms with van der Waals surface area (Å²) in [7, 11) is 0. The standard InChI is InChI=1S/C16H20ClN2O/c1-11-9-12(14-6-5-13(17)10-18-14)4-7-15(11)19-8-2-3-16(19)20/h5-7,10-12,15H,2-4,8-9H2,1H3. The molecule has 1 aromatic rings. The van der Waals surface area contributed by atoms with Crippen LogP contribution in [-0.2, 0) is 4.79 Å². The van der Waals surface area contributed by atoms with Crippen LogP contribution < -0.4 is 0 Å². The minimum atomic E-state index is 0.313. The molecule has 1 saturated heterocycles. The molecule has 1 aliphatic carbocycles. The van der Waals surface area contributed by atoms with Crippen molar-refractivity contribution in [1.29, 1.82) is 0 Å². The van der Waals surface area contributed by atoms with E-state index < -0.39 is 0 Å². The van der Waals surface area contributed by atoms with Crippen LogP contribution >= 0.6 is 11.6 Å². The van der Waals surface area contributed by atoms with Gasteiger partial charge >= 0.3 is 0 Å². The summed E-state index contributed by atoms with van der Waals surface area (Å²) >= 11 is 5.89. The number of carbonyl (C=O) groups is 1. The zero-order valence-electron chi connectivity index (χ0n) is 11.8. The van der Waals surface area contributed by atoms with Crippen molar-refractivity contribution in [2.75, 3.05) is 6.54 Å². The minimum Gasteiger partial charge on any atom is -0.339 e. The number of likely N-dealkylation sites (tertiary alicyclic amines) is 1. The van der Waals surface area contributed by atoms with Crippen molar-refractivity contribution in [2.24, 2.45) is 5.92 Å². The third-order valence-electron chi connectivity index (χ3n) is 4.54. The Morgan fingerprint density at radius 1 is 1.40 bits per heavy atom. The van der Waals surface area contributed by atoms with Crippen LogP contribution in [0.2, 0.25) is 5.02 Å². The van der Waals surface area contributed by atoms with E-state index in [0.717, 1.165) is 37.9 Å². The average Bonchev–Trinajstić information content (AvgIpc) is 2.86. The van der Waals surface area contributed by atoms with Crippen LogP contribution in [0.5, 0.6) is 0 Å². The molecule has 0 N–H and O–H groups in total. The predicted molar refractivity (Wildman–Crippen MR) is 79.4 cm³/mol. The van der Waals surface area contributed by atoms with Crippen molar-refractivity contribution in [3.05, 3.63) is 35.5 Å². The lowest BCUT2D eigenvalue weighted by molar-refractivity contribution is -0.130. The number of nitrogens with zero attached hydrogens (tertiary/aromatic N) is 2. The number of amides is 1. The van der Waals surface area contributed by atoms with E-state index in [9.17, 15) is 4.79 Å². The molecule has 0 aromatic carbocycles. The molecule has 20 heavy (non-hydrogen) atoms. The number of hydrogen-bond donors (Lipinski definition) is 0. The molecule has 2 fully saturated rings. The summed E-state index contributed by atoms with van der Waals surface area (Å²) in [6.45, 7) is 3.17. The maximum Gasteiger partial charge on any atom is 0.222 e. The molecule has 3 atom stereocenters. The molecule has 107 valence electrons. The van der Waals surface area contributed by atoms with Crippen LogP contribution in [0.1, 0.15) is 44.2 Å². The Labute approximate surface area is 125 Å². The van der Waals surface area contributed by atoms with E-state index in [2.05, 4.69) is 23.2 Å². The van der Waals surface area contributed by atoms with Gasteiger partial charge in [0.05, 0.1) is 5.02 Å². The van der Waals surface area contributed by atoms with Gasteiger partial charge in [0.1, 0.15) is 0 Å². The van der Waals surface area contributed by atoms with Gasteiger partial charge < -0.3 is 4.90 Å². The largest absolute Gasteiger partial charge is 0.339 e. The fourth-order valence-corrected chi connectivity index (χ4v) is 3.62. The first-order chi connectivity index (χ1) is 9.65. The highest BCUT2D eigenvalue weighted by Gasteiger charge is 2.36. The van der Waals surface area contributed by atoms with Gasteiger partial charge in [-0.25, -0.2) is 0 Å². The molecule has 2 aliphatic rings. The van der Waals surface area contributed by atoms with Gasteiger partial charge in [-0.3, -0.25) is 9.78 Å². The van der Waals surface area contributed by atoms with Crippen molar-refractivity contribution in [2.45, 2.75) is 44.6 Å². The zero-order chi connectivity index (χ0) is 14.1. The van der Waals surface area contributed by atoms with Crippen LogP contribution in [-0.4, -0.2) is 28.4 Å². The quantitative estimate of drug-likeness (QED) is 0.836. The Balaban J connectivity index is 1.67. The molecule has 1 aliphatic heterocycles. The lowest BCUT2D eigenvalue weighted by Gasteiger charge is -2.39. The Morgan fingerprint density at radius 2 is 2.25 bits per heavy atom. The maximum atomic E-state index is 11.9. The fraction of sp³-hybridized carbons (Fsp3) is 0.562. The normalized spacial score (nSPS) is 30.8. The van der Waals surface area contributed by atoms with Gasteiger partial charge in [0, 0.05) is 36.8 Å². The highest BCUT2D eigenvalue weighted by atomic mass is 35.5. The Morgan fingerprint density at radius 3 is 2.85 bits per heavy atom. The summed E-state index contributed by atoms with van der Waals surface area (Å²) in [5, 5.41) is 0.683. The van der Waals surface area contributed by atoms with E-state index in [0.29, 0.717) is 28.8 Å². The highest BCUT2D eigenvalue weighted by molar-refractivity contribution is 6.30. The Kier molecular flexibility index (Phi) is 3.97. The maximum absolute atomic E-state index is 11.9. The molecule has 3 nitrogen and oxygen atoms in total. The monoisotopic (exact) mass is 291 g/mol. The summed E-state index contributed by atoms with van der Waals surface area (Å²) in [5.41, 5.74) is 1.11. The second kappa shape index (κ2) is 5.72. The molecule has 2 heterocycles. The Hall–Kier alpha value is -1.09. The van der Waals surface area contributed by atoms with Gasteiger partial charge in [0.25, 0.3) is 0 Å². The highest BCUT2D eigenvalue weighted by Crippen LogP contribution is 2.38. The predicted octanol–water partition coefficient (Wildman–Crippen LogP) is 3.44. The van der Waals surface area contributed by atoms with Crippen molar-refractivity contribution in [1.82, 2.24) is 9.88 Å². The summed E-state index contributed by atoms with van der Waals surface area (Å²) in [5.74, 6) is 1.27. The first-order valence-corrected chi connectivity index (χ1v) is 7.77. The van der Waals surface area contributed by atoms with Crippen LogP contribution in [0.3, 0.4) is 0 Å². The van der Waals surface area contributed by atoms with Crippen LogP contribution in [0.25, 0.3) is 0 Å². The van der Waals surface area contributed by atoms with Gasteiger partial charge in [-0.15, -0.1) is 0 Å². The van der Waals surface area contributed by atoms with Crippen molar-refractivity contribution < 1.29 is 4.79 Å².